The van der Waals surface area contributed by atoms with Crippen molar-refractivity contribution in [2.75, 3.05) is 12.0 Å². The first-order chi connectivity index (χ1) is 16.4. The molecule has 34 heavy (non-hydrogen) atoms. The maximum atomic E-state index is 13.6. The van der Waals surface area contributed by atoms with Crippen LogP contribution in [0.15, 0.2) is 57.7 Å². The molecule has 0 bridgehead atoms. The number of hydrogen-bond acceptors (Lipinski definition) is 8. The lowest BCUT2D eigenvalue weighted by Crippen LogP contribution is -2.29. The number of nitrogens with zero attached hydrogens (tertiary/aromatic N) is 3. The summed E-state index contributed by atoms with van der Waals surface area (Å²) in [5, 5.41) is 10.1. The summed E-state index contributed by atoms with van der Waals surface area (Å²) >= 11 is 1.32. The molecule has 9 heteroatoms. The molecule has 172 valence electrons. The zero-order valence-corrected chi connectivity index (χ0v) is 19.6. The number of ether oxygens (including phenoxy) is 1. The molecule has 0 saturated heterocycles. The van der Waals surface area contributed by atoms with Crippen LogP contribution in [0.1, 0.15) is 56.9 Å². The number of carbonyl (C=O) groups excluding carboxylic acids is 2. The van der Waals surface area contributed by atoms with E-state index in [1.807, 2.05) is 0 Å². The summed E-state index contributed by atoms with van der Waals surface area (Å²) in [5.74, 6) is -0.555. The highest BCUT2D eigenvalue weighted by molar-refractivity contribution is 7.15. The quantitative estimate of drug-likeness (QED) is 0.395. The fourth-order valence-corrected chi connectivity index (χ4v) is 5.20. The Morgan fingerprint density at radius 3 is 2.56 bits per heavy atom. The van der Waals surface area contributed by atoms with Gasteiger partial charge in [0.1, 0.15) is 10.6 Å². The second kappa shape index (κ2) is 8.49. The molecule has 1 aliphatic rings. The number of anilines is 1. The van der Waals surface area contributed by atoms with E-state index in [0.29, 0.717) is 33.1 Å². The third-order valence-corrected chi connectivity index (χ3v) is 6.62. The third-order valence-electron chi connectivity index (χ3n) is 5.67. The fourth-order valence-electron chi connectivity index (χ4n) is 4.13. The molecule has 0 N–H and O–H groups in total. The molecule has 8 nitrogen and oxygen atoms in total. The van der Waals surface area contributed by atoms with Crippen LogP contribution in [0.4, 0.5) is 5.13 Å². The summed E-state index contributed by atoms with van der Waals surface area (Å²) in [6.45, 7) is 4.16. The van der Waals surface area contributed by atoms with Gasteiger partial charge >= 0.3 is 5.97 Å². The van der Waals surface area contributed by atoms with E-state index in [-0.39, 0.29) is 16.8 Å². The number of aromatic nitrogens is 2. The van der Waals surface area contributed by atoms with Gasteiger partial charge in [0.05, 0.1) is 29.7 Å². The number of fused-ring (bicyclic) bond motifs is 2. The van der Waals surface area contributed by atoms with Gasteiger partial charge in [-0.1, -0.05) is 49.4 Å². The van der Waals surface area contributed by atoms with Crippen LogP contribution >= 0.6 is 11.3 Å². The van der Waals surface area contributed by atoms with Crippen LogP contribution in [-0.4, -0.2) is 29.2 Å². The molecule has 3 heterocycles. The predicted octanol–water partition coefficient (Wildman–Crippen LogP) is 4.38. The smallest absolute Gasteiger partial charge is 0.337 e. The fraction of sp³-hybridized carbons (Fsp3) is 0.240. The van der Waals surface area contributed by atoms with E-state index in [1.54, 1.807) is 48.5 Å². The molecule has 1 atom stereocenters. The maximum absolute atomic E-state index is 13.6. The monoisotopic (exact) mass is 475 g/mol. The summed E-state index contributed by atoms with van der Waals surface area (Å²) in [5.41, 5.74) is 1.32. The standard InChI is InChI=1S/C25H21N3O5S/c1-13(2)12-18-26-27-25(34-18)28-20(14-8-10-15(11-9-14)24(31)32-3)19-21(29)16-6-4-5-7-17(16)33-22(19)23(28)30/h4-11,13,20H,12H2,1-3H3. The first-order valence-electron chi connectivity index (χ1n) is 10.8. The van der Waals surface area contributed by atoms with Crippen molar-refractivity contribution in [3.63, 3.8) is 0 Å². The second-order valence-electron chi connectivity index (χ2n) is 8.44. The minimum Gasteiger partial charge on any atom is -0.465 e. The Hall–Kier alpha value is -3.85. The lowest BCUT2D eigenvalue weighted by atomic mass is 9.98. The van der Waals surface area contributed by atoms with Gasteiger partial charge in [-0.3, -0.25) is 14.5 Å². The van der Waals surface area contributed by atoms with Crippen LogP contribution in [0.5, 0.6) is 0 Å². The molecule has 1 amide bonds. The van der Waals surface area contributed by atoms with Crippen molar-refractivity contribution in [1.82, 2.24) is 10.2 Å². The van der Waals surface area contributed by atoms with Crippen LogP contribution in [0.2, 0.25) is 0 Å². The zero-order chi connectivity index (χ0) is 24.0. The van der Waals surface area contributed by atoms with Crippen molar-refractivity contribution < 1.29 is 18.7 Å². The van der Waals surface area contributed by atoms with Crippen molar-refractivity contribution in [2.24, 2.45) is 5.92 Å². The normalized spacial score (nSPS) is 15.2. The number of amides is 1. The summed E-state index contributed by atoms with van der Waals surface area (Å²) < 4.78 is 10.7. The van der Waals surface area contributed by atoms with Crippen LogP contribution in [0.3, 0.4) is 0 Å². The largest absolute Gasteiger partial charge is 0.465 e. The maximum Gasteiger partial charge on any atom is 0.337 e. The van der Waals surface area contributed by atoms with Gasteiger partial charge in [-0.15, -0.1) is 10.2 Å². The number of methoxy groups -OCH3 is 1. The molecule has 0 aliphatic carbocycles. The molecular formula is C25H21N3O5S. The van der Waals surface area contributed by atoms with E-state index in [9.17, 15) is 14.4 Å². The Bertz CT molecular complexity index is 1470. The molecule has 0 radical (unpaired) electrons. The number of carbonyl (C=O) groups is 2. The van der Waals surface area contributed by atoms with Gasteiger partial charge in [-0.25, -0.2) is 4.79 Å². The van der Waals surface area contributed by atoms with Gasteiger partial charge in [0.15, 0.2) is 5.43 Å². The van der Waals surface area contributed by atoms with Crippen molar-refractivity contribution in [2.45, 2.75) is 26.3 Å². The van der Waals surface area contributed by atoms with Crippen LogP contribution in [0.25, 0.3) is 11.0 Å². The van der Waals surface area contributed by atoms with Crippen molar-refractivity contribution in [3.8, 4) is 0 Å². The number of benzene rings is 2. The first-order valence-corrected chi connectivity index (χ1v) is 11.6. The molecule has 1 unspecified atom stereocenters. The van der Waals surface area contributed by atoms with Gasteiger partial charge in [-0.2, -0.15) is 0 Å². The van der Waals surface area contributed by atoms with Crippen LogP contribution in [0, 0.1) is 5.92 Å². The average Bonchev–Trinajstić information content (AvgIpc) is 3.40. The Kier molecular flexibility index (Phi) is 5.49. The molecule has 2 aromatic carbocycles. The topological polar surface area (TPSA) is 103 Å². The highest BCUT2D eigenvalue weighted by Crippen LogP contribution is 2.42. The molecule has 5 rings (SSSR count). The Morgan fingerprint density at radius 1 is 1.12 bits per heavy atom. The van der Waals surface area contributed by atoms with E-state index in [4.69, 9.17) is 9.15 Å². The van der Waals surface area contributed by atoms with Gasteiger partial charge in [-0.05, 0) is 35.7 Å². The molecule has 1 aliphatic heterocycles. The number of esters is 1. The molecule has 0 spiro atoms. The number of para-hydroxylation sites is 1. The zero-order valence-electron chi connectivity index (χ0n) is 18.8. The minimum atomic E-state index is -0.769. The first kappa shape index (κ1) is 22.0. The van der Waals surface area contributed by atoms with E-state index in [2.05, 4.69) is 24.0 Å². The van der Waals surface area contributed by atoms with Crippen LogP contribution in [-0.2, 0) is 11.2 Å². The Balaban J connectivity index is 1.70. The van der Waals surface area contributed by atoms with E-state index >= 15 is 0 Å². The second-order valence-corrected chi connectivity index (χ2v) is 9.48. The minimum absolute atomic E-state index is 0.00801. The lowest BCUT2D eigenvalue weighted by molar-refractivity contribution is 0.0600. The number of rotatable bonds is 5. The number of hydrogen-bond donors (Lipinski definition) is 0. The summed E-state index contributed by atoms with van der Waals surface area (Å²) in [7, 11) is 1.31. The Morgan fingerprint density at radius 2 is 1.85 bits per heavy atom. The van der Waals surface area contributed by atoms with Crippen LogP contribution < -0.4 is 10.3 Å². The lowest BCUT2D eigenvalue weighted by Gasteiger charge is -2.22. The average molecular weight is 476 g/mol. The van der Waals surface area contributed by atoms with Crippen molar-refractivity contribution in [3.05, 3.63) is 86.2 Å². The van der Waals surface area contributed by atoms with E-state index in [1.165, 1.54) is 23.3 Å². The van der Waals surface area contributed by atoms with Gasteiger partial charge in [0.2, 0.25) is 10.9 Å². The molecule has 0 saturated carbocycles. The highest BCUT2D eigenvalue weighted by atomic mass is 32.1. The van der Waals surface area contributed by atoms with E-state index in [0.717, 1.165) is 11.4 Å². The van der Waals surface area contributed by atoms with Crippen molar-refractivity contribution >= 4 is 39.3 Å². The molecule has 0 fully saturated rings. The molecule has 2 aromatic heterocycles. The molecule has 4 aromatic rings. The van der Waals surface area contributed by atoms with Gasteiger partial charge in [0, 0.05) is 6.42 Å². The SMILES string of the molecule is COC(=O)c1ccc(C2c3c(oc4ccccc4c3=O)C(=O)N2c2nnc(CC(C)C)s2)cc1. The molecular weight excluding hydrogens is 454 g/mol. The summed E-state index contributed by atoms with van der Waals surface area (Å²) in [4.78, 5) is 40.5. The Labute approximate surface area is 198 Å². The van der Waals surface area contributed by atoms with Gasteiger partial charge in [0.25, 0.3) is 5.91 Å². The van der Waals surface area contributed by atoms with Gasteiger partial charge < -0.3 is 9.15 Å². The third kappa shape index (κ3) is 3.58. The highest BCUT2D eigenvalue weighted by Gasteiger charge is 2.45. The predicted molar refractivity (Wildman–Crippen MR) is 127 cm³/mol. The van der Waals surface area contributed by atoms with E-state index < -0.39 is 17.9 Å². The summed E-state index contributed by atoms with van der Waals surface area (Å²) in [6, 6.07) is 12.7. The van der Waals surface area contributed by atoms with Crippen molar-refractivity contribution in [1.29, 1.82) is 0 Å². The summed E-state index contributed by atoms with van der Waals surface area (Å²) in [6.07, 6.45) is 0.728.